The van der Waals surface area contributed by atoms with Crippen molar-refractivity contribution in [3.05, 3.63) is 35.9 Å². The Morgan fingerprint density at radius 3 is 2.65 bits per heavy atom. The van der Waals surface area contributed by atoms with E-state index in [9.17, 15) is 14.4 Å². The Labute approximate surface area is 135 Å². The summed E-state index contributed by atoms with van der Waals surface area (Å²) in [4.78, 5) is 39.8. The van der Waals surface area contributed by atoms with Gasteiger partial charge in [0.15, 0.2) is 0 Å². The fourth-order valence-corrected chi connectivity index (χ4v) is 3.23. The Bertz CT molecular complexity index is 602. The number of rotatable bonds is 3. The molecule has 2 fully saturated rings. The van der Waals surface area contributed by atoms with Crippen LogP contribution in [0.3, 0.4) is 0 Å². The monoisotopic (exact) mass is 315 g/mol. The van der Waals surface area contributed by atoms with Gasteiger partial charge >= 0.3 is 0 Å². The molecule has 6 nitrogen and oxygen atoms in total. The van der Waals surface area contributed by atoms with E-state index in [1.165, 1.54) is 0 Å². The van der Waals surface area contributed by atoms with Gasteiger partial charge in [-0.2, -0.15) is 0 Å². The summed E-state index contributed by atoms with van der Waals surface area (Å²) in [6, 6.07) is 9.32. The van der Waals surface area contributed by atoms with Crippen molar-refractivity contribution in [1.82, 2.24) is 15.1 Å². The number of nitrogens with one attached hydrogen (secondary N) is 1. The molecule has 0 aliphatic carbocycles. The molecule has 0 radical (unpaired) electrons. The summed E-state index contributed by atoms with van der Waals surface area (Å²) in [6.45, 7) is 1.66. The molecule has 23 heavy (non-hydrogen) atoms. The molecule has 3 rings (SSSR count). The van der Waals surface area contributed by atoms with E-state index in [2.05, 4.69) is 5.32 Å². The first-order chi connectivity index (χ1) is 11.1. The first kappa shape index (κ1) is 15.5. The highest BCUT2D eigenvalue weighted by atomic mass is 16.2. The number of hydrogen-bond acceptors (Lipinski definition) is 3. The molecule has 1 atom stereocenters. The molecule has 0 unspecified atom stereocenters. The van der Waals surface area contributed by atoms with E-state index in [1.54, 1.807) is 9.80 Å². The summed E-state index contributed by atoms with van der Waals surface area (Å²) in [5.74, 6) is -0.101. The molecule has 2 aliphatic heterocycles. The van der Waals surface area contributed by atoms with E-state index in [1.807, 2.05) is 30.3 Å². The third-order valence-corrected chi connectivity index (χ3v) is 4.43. The predicted molar refractivity (Wildman–Crippen MR) is 84.3 cm³/mol. The fourth-order valence-electron chi connectivity index (χ4n) is 3.23. The quantitative estimate of drug-likeness (QED) is 0.892. The number of amides is 3. The maximum Gasteiger partial charge on any atom is 0.242 e. The van der Waals surface area contributed by atoms with Crippen LogP contribution in [0.4, 0.5) is 0 Å². The van der Waals surface area contributed by atoms with Gasteiger partial charge in [-0.15, -0.1) is 0 Å². The standard InChI is InChI=1S/C17H21N3O3/c21-15-11-14(13-5-2-1-3-6-13)20(10-8-18-15)17(23)12-19-9-4-7-16(19)22/h1-3,5-6,14H,4,7-12H2,(H,18,21)/t14-/m1/s1. The number of likely N-dealkylation sites (tertiary alicyclic amines) is 1. The van der Waals surface area contributed by atoms with Gasteiger partial charge in [-0.3, -0.25) is 14.4 Å². The van der Waals surface area contributed by atoms with E-state index < -0.39 is 0 Å². The summed E-state index contributed by atoms with van der Waals surface area (Å²) in [5, 5.41) is 2.82. The van der Waals surface area contributed by atoms with Crippen LogP contribution in [0.5, 0.6) is 0 Å². The van der Waals surface area contributed by atoms with Crippen LogP contribution in [-0.2, 0) is 14.4 Å². The van der Waals surface area contributed by atoms with Gasteiger partial charge in [0.05, 0.1) is 19.0 Å². The lowest BCUT2D eigenvalue weighted by Gasteiger charge is -2.31. The first-order valence-electron chi connectivity index (χ1n) is 8.04. The van der Waals surface area contributed by atoms with Gasteiger partial charge < -0.3 is 15.1 Å². The number of nitrogens with zero attached hydrogens (tertiary/aromatic N) is 2. The zero-order valence-corrected chi connectivity index (χ0v) is 13.0. The Morgan fingerprint density at radius 1 is 1.17 bits per heavy atom. The zero-order chi connectivity index (χ0) is 16.2. The van der Waals surface area contributed by atoms with Crippen LogP contribution in [0.1, 0.15) is 30.9 Å². The molecule has 0 saturated carbocycles. The summed E-state index contributed by atoms with van der Waals surface area (Å²) >= 11 is 0. The SMILES string of the molecule is O=C1C[C@H](c2ccccc2)N(C(=O)CN2CCCC2=O)CCN1. The molecule has 6 heteroatoms. The Kier molecular flexibility index (Phi) is 4.60. The second-order valence-corrected chi connectivity index (χ2v) is 5.99. The summed E-state index contributed by atoms with van der Waals surface area (Å²) in [6.07, 6.45) is 1.59. The van der Waals surface area contributed by atoms with E-state index in [0.717, 1.165) is 12.0 Å². The van der Waals surface area contributed by atoms with E-state index >= 15 is 0 Å². The minimum Gasteiger partial charge on any atom is -0.354 e. The van der Waals surface area contributed by atoms with Crippen molar-refractivity contribution in [3.63, 3.8) is 0 Å². The average molecular weight is 315 g/mol. The second-order valence-electron chi connectivity index (χ2n) is 5.99. The Balaban J connectivity index is 1.79. The first-order valence-corrected chi connectivity index (χ1v) is 8.04. The molecule has 0 spiro atoms. The van der Waals surface area contributed by atoms with Gasteiger partial charge in [0.2, 0.25) is 17.7 Å². The molecule has 1 N–H and O–H groups in total. The van der Waals surface area contributed by atoms with Gasteiger partial charge in [0, 0.05) is 26.1 Å². The molecule has 0 aromatic heterocycles. The normalized spacial score (nSPS) is 22.0. The van der Waals surface area contributed by atoms with Gasteiger partial charge in [-0.05, 0) is 12.0 Å². The van der Waals surface area contributed by atoms with E-state index in [-0.39, 0.29) is 36.7 Å². The summed E-state index contributed by atoms with van der Waals surface area (Å²) in [7, 11) is 0. The van der Waals surface area contributed by atoms with Crippen LogP contribution in [-0.4, -0.2) is 53.7 Å². The highest BCUT2D eigenvalue weighted by Gasteiger charge is 2.32. The molecule has 2 saturated heterocycles. The maximum atomic E-state index is 12.7. The van der Waals surface area contributed by atoms with Gasteiger partial charge in [-0.1, -0.05) is 30.3 Å². The molecule has 2 heterocycles. The van der Waals surface area contributed by atoms with Crippen molar-refractivity contribution < 1.29 is 14.4 Å². The topological polar surface area (TPSA) is 69.7 Å². The highest BCUT2D eigenvalue weighted by Crippen LogP contribution is 2.26. The lowest BCUT2D eigenvalue weighted by molar-refractivity contribution is -0.140. The molecule has 122 valence electrons. The van der Waals surface area contributed by atoms with Crippen LogP contribution >= 0.6 is 0 Å². The molecular formula is C17H21N3O3. The minimum absolute atomic E-state index is 0.0404. The lowest BCUT2D eigenvalue weighted by Crippen LogP contribution is -2.43. The van der Waals surface area contributed by atoms with Gasteiger partial charge in [0.25, 0.3) is 0 Å². The van der Waals surface area contributed by atoms with Crippen LogP contribution in [0.15, 0.2) is 30.3 Å². The molecule has 1 aromatic carbocycles. The van der Waals surface area contributed by atoms with Gasteiger partial charge in [-0.25, -0.2) is 0 Å². The van der Waals surface area contributed by atoms with E-state index in [4.69, 9.17) is 0 Å². The van der Waals surface area contributed by atoms with Crippen LogP contribution in [0.2, 0.25) is 0 Å². The third-order valence-electron chi connectivity index (χ3n) is 4.43. The minimum atomic E-state index is -0.274. The predicted octanol–water partition coefficient (Wildman–Crippen LogP) is 0.699. The number of carbonyl (C=O) groups is 3. The van der Waals surface area contributed by atoms with Crippen molar-refractivity contribution in [3.8, 4) is 0 Å². The van der Waals surface area contributed by atoms with Crippen molar-refractivity contribution in [1.29, 1.82) is 0 Å². The molecular weight excluding hydrogens is 294 g/mol. The Morgan fingerprint density at radius 2 is 1.96 bits per heavy atom. The summed E-state index contributed by atoms with van der Waals surface area (Å²) < 4.78 is 0. The fraction of sp³-hybridized carbons (Fsp3) is 0.471. The molecule has 0 bridgehead atoms. The van der Waals surface area contributed by atoms with Gasteiger partial charge in [0.1, 0.15) is 0 Å². The van der Waals surface area contributed by atoms with Crippen LogP contribution in [0.25, 0.3) is 0 Å². The number of benzene rings is 1. The van der Waals surface area contributed by atoms with Crippen LogP contribution in [0, 0.1) is 0 Å². The number of carbonyl (C=O) groups excluding carboxylic acids is 3. The van der Waals surface area contributed by atoms with E-state index in [0.29, 0.717) is 26.1 Å². The molecule has 1 aromatic rings. The second kappa shape index (κ2) is 6.81. The largest absolute Gasteiger partial charge is 0.354 e. The van der Waals surface area contributed by atoms with Crippen molar-refractivity contribution in [2.75, 3.05) is 26.2 Å². The molecule has 2 aliphatic rings. The smallest absolute Gasteiger partial charge is 0.242 e. The lowest BCUT2D eigenvalue weighted by atomic mass is 10.0. The third kappa shape index (κ3) is 3.52. The zero-order valence-electron chi connectivity index (χ0n) is 13.0. The maximum absolute atomic E-state index is 12.7. The van der Waals surface area contributed by atoms with Crippen molar-refractivity contribution >= 4 is 17.7 Å². The number of hydrogen-bond donors (Lipinski definition) is 1. The molecule has 3 amide bonds. The Hall–Kier alpha value is -2.37. The highest BCUT2D eigenvalue weighted by molar-refractivity contribution is 5.87. The average Bonchev–Trinajstić information content (AvgIpc) is 2.84. The van der Waals surface area contributed by atoms with Crippen LogP contribution < -0.4 is 5.32 Å². The van der Waals surface area contributed by atoms with Crippen molar-refractivity contribution in [2.45, 2.75) is 25.3 Å². The van der Waals surface area contributed by atoms with Crippen molar-refractivity contribution in [2.24, 2.45) is 0 Å². The summed E-state index contributed by atoms with van der Waals surface area (Å²) in [5.41, 5.74) is 0.950.